The molecule has 110 valence electrons. The van der Waals surface area contributed by atoms with E-state index in [0.717, 1.165) is 4.47 Å². The van der Waals surface area contributed by atoms with Gasteiger partial charge in [0.1, 0.15) is 17.5 Å². The standard InChI is InChI=1S/C15H10BrClN4O/c16-11-1-6-14(20-9-11)19-8-10(7-18)15(22)21-13-4-2-12(17)3-5-13/h1-6,8-9H,(H,19,20)(H,21,22)/b10-8-. The van der Waals surface area contributed by atoms with Gasteiger partial charge in [0.2, 0.25) is 0 Å². The minimum absolute atomic E-state index is 0.0698. The van der Waals surface area contributed by atoms with Crippen LogP contribution in [0.2, 0.25) is 5.02 Å². The van der Waals surface area contributed by atoms with Crippen LogP contribution in [-0.4, -0.2) is 10.9 Å². The van der Waals surface area contributed by atoms with Gasteiger partial charge in [0.25, 0.3) is 5.91 Å². The summed E-state index contributed by atoms with van der Waals surface area (Å²) in [5, 5.41) is 15.0. The third-order valence-electron chi connectivity index (χ3n) is 2.56. The molecule has 0 bridgehead atoms. The number of hydrogen-bond donors (Lipinski definition) is 2. The van der Waals surface area contributed by atoms with Crippen LogP contribution in [0.4, 0.5) is 11.5 Å². The molecule has 2 aromatic rings. The Balaban J connectivity index is 2.05. The first-order valence-corrected chi connectivity index (χ1v) is 7.31. The highest BCUT2D eigenvalue weighted by molar-refractivity contribution is 9.10. The lowest BCUT2D eigenvalue weighted by atomic mass is 10.2. The molecule has 0 radical (unpaired) electrons. The van der Waals surface area contributed by atoms with E-state index in [1.54, 1.807) is 42.6 Å². The Labute approximate surface area is 140 Å². The molecule has 1 aromatic carbocycles. The fourth-order valence-corrected chi connectivity index (χ4v) is 1.85. The van der Waals surface area contributed by atoms with E-state index >= 15 is 0 Å². The Bertz CT molecular complexity index is 736. The lowest BCUT2D eigenvalue weighted by Gasteiger charge is -2.05. The number of aromatic nitrogens is 1. The number of anilines is 2. The molecule has 0 unspecified atom stereocenters. The van der Waals surface area contributed by atoms with Gasteiger partial charge in [-0.1, -0.05) is 11.6 Å². The van der Waals surface area contributed by atoms with Crippen LogP contribution in [0.25, 0.3) is 0 Å². The van der Waals surface area contributed by atoms with E-state index in [1.807, 2.05) is 6.07 Å². The number of carbonyl (C=O) groups excluding carboxylic acids is 1. The molecule has 0 spiro atoms. The van der Waals surface area contributed by atoms with Gasteiger partial charge in [0, 0.05) is 27.6 Å². The SMILES string of the molecule is N#C/C(=C/Nc1ccc(Br)cn1)C(=O)Nc1ccc(Cl)cc1. The first-order valence-electron chi connectivity index (χ1n) is 6.14. The maximum Gasteiger partial charge on any atom is 0.267 e. The summed E-state index contributed by atoms with van der Waals surface area (Å²) < 4.78 is 0.836. The minimum Gasteiger partial charge on any atom is -0.345 e. The van der Waals surface area contributed by atoms with Crippen molar-refractivity contribution in [1.29, 1.82) is 5.26 Å². The van der Waals surface area contributed by atoms with Crippen LogP contribution in [0.15, 0.2) is 58.8 Å². The average molecular weight is 378 g/mol. The summed E-state index contributed by atoms with van der Waals surface area (Å²) >= 11 is 9.04. The quantitative estimate of drug-likeness (QED) is 0.624. The summed E-state index contributed by atoms with van der Waals surface area (Å²) in [4.78, 5) is 16.1. The molecular weight excluding hydrogens is 368 g/mol. The van der Waals surface area contributed by atoms with Crippen molar-refractivity contribution in [3.63, 3.8) is 0 Å². The van der Waals surface area contributed by atoms with Gasteiger partial charge in [0.15, 0.2) is 0 Å². The molecule has 0 aliphatic heterocycles. The maximum absolute atomic E-state index is 12.0. The highest BCUT2D eigenvalue weighted by Crippen LogP contribution is 2.14. The number of pyridine rings is 1. The van der Waals surface area contributed by atoms with E-state index < -0.39 is 5.91 Å². The molecule has 0 aliphatic carbocycles. The predicted molar refractivity (Wildman–Crippen MR) is 89.3 cm³/mol. The highest BCUT2D eigenvalue weighted by Gasteiger charge is 2.09. The van der Waals surface area contributed by atoms with E-state index in [0.29, 0.717) is 16.5 Å². The average Bonchev–Trinajstić information content (AvgIpc) is 2.52. The Morgan fingerprint density at radius 2 is 2.00 bits per heavy atom. The molecule has 0 saturated carbocycles. The number of amides is 1. The first kappa shape index (κ1) is 16.0. The van der Waals surface area contributed by atoms with Crippen LogP contribution in [0.5, 0.6) is 0 Å². The van der Waals surface area contributed by atoms with Crippen LogP contribution in [0, 0.1) is 11.3 Å². The minimum atomic E-state index is -0.519. The molecule has 0 atom stereocenters. The zero-order chi connectivity index (χ0) is 15.9. The summed E-state index contributed by atoms with van der Waals surface area (Å²) in [6, 6.07) is 12.0. The van der Waals surface area contributed by atoms with Crippen molar-refractivity contribution in [3.05, 3.63) is 63.9 Å². The van der Waals surface area contributed by atoms with Crippen molar-refractivity contribution >= 4 is 44.9 Å². The van der Waals surface area contributed by atoms with Gasteiger partial charge in [-0.05, 0) is 52.3 Å². The van der Waals surface area contributed by atoms with E-state index in [1.165, 1.54) is 6.20 Å². The molecule has 0 saturated heterocycles. The molecule has 0 aliphatic rings. The summed E-state index contributed by atoms with van der Waals surface area (Å²) in [6.07, 6.45) is 2.91. The number of nitrogens with one attached hydrogen (secondary N) is 2. The van der Waals surface area contributed by atoms with E-state index in [2.05, 4.69) is 31.5 Å². The molecule has 1 heterocycles. The Morgan fingerprint density at radius 1 is 1.27 bits per heavy atom. The number of nitriles is 1. The van der Waals surface area contributed by atoms with Crippen LogP contribution < -0.4 is 10.6 Å². The normalized spacial score (nSPS) is 10.7. The molecule has 1 aromatic heterocycles. The molecule has 1 amide bonds. The molecule has 7 heteroatoms. The number of nitrogens with zero attached hydrogens (tertiary/aromatic N) is 2. The summed E-state index contributed by atoms with van der Waals surface area (Å²) in [6.45, 7) is 0. The van der Waals surface area contributed by atoms with E-state index in [4.69, 9.17) is 16.9 Å². The van der Waals surface area contributed by atoms with Gasteiger partial charge in [-0.25, -0.2) is 4.98 Å². The first-order chi connectivity index (χ1) is 10.6. The van der Waals surface area contributed by atoms with Gasteiger partial charge in [-0.3, -0.25) is 4.79 Å². The van der Waals surface area contributed by atoms with Gasteiger partial charge >= 0.3 is 0 Å². The molecule has 2 N–H and O–H groups in total. The molecule has 0 fully saturated rings. The second-order valence-electron chi connectivity index (χ2n) is 4.14. The Morgan fingerprint density at radius 3 is 2.59 bits per heavy atom. The van der Waals surface area contributed by atoms with Crippen molar-refractivity contribution in [2.24, 2.45) is 0 Å². The predicted octanol–water partition coefficient (Wildman–Crippen LogP) is 3.96. The van der Waals surface area contributed by atoms with Gasteiger partial charge in [-0.2, -0.15) is 5.26 Å². The third-order valence-corrected chi connectivity index (χ3v) is 3.28. The zero-order valence-electron chi connectivity index (χ0n) is 11.2. The molecule has 2 rings (SSSR count). The highest BCUT2D eigenvalue weighted by atomic mass is 79.9. The molecule has 5 nitrogen and oxygen atoms in total. The zero-order valence-corrected chi connectivity index (χ0v) is 13.5. The van der Waals surface area contributed by atoms with Crippen molar-refractivity contribution in [2.75, 3.05) is 10.6 Å². The number of benzene rings is 1. The van der Waals surface area contributed by atoms with Gasteiger partial charge in [-0.15, -0.1) is 0 Å². The van der Waals surface area contributed by atoms with Gasteiger partial charge in [0.05, 0.1) is 0 Å². The van der Waals surface area contributed by atoms with Crippen molar-refractivity contribution < 1.29 is 4.79 Å². The van der Waals surface area contributed by atoms with E-state index in [-0.39, 0.29) is 5.57 Å². The van der Waals surface area contributed by atoms with Crippen molar-refractivity contribution in [2.45, 2.75) is 0 Å². The number of hydrogen-bond acceptors (Lipinski definition) is 4. The smallest absolute Gasteiger partial charge is 0.267 e. The largest absolute Gasteiger partial charge is 0.345 e. The maximum atomic E-state index is 12.0. The molecular formula is C15H10BrClN4O. The lowest BCUT2D eigenvalue weighted by molar-refractivity contribution is -0.112. The number of halogens is 2. The third kappa shape index (κ3) is 4.58. The second kappa shape index (κ2) is 7.59. The topological polar surface area (TPSA) is 77.8 Å². The van der Waals surface area contributed by atoms with Crippen LogP contribution in [0.3, 0.4) is 0 Å². The van der Waals surface area contributed by atoms with Crippen LogP contribution in [-0.2, 0) is 4.79 Å². The van der Waals surface area contributed by atoms with Crippen molar-refractivity contribution in [1.82, 2.24) is 4.98 Å². The summed E-state index contributed by atoms with van der Waals surface area (Å²) in [5.74, 6) is 0.00433. The van der Waals surface area contributed by atoms with E-state index in [9.17, 15) is 4.79 Å². The fourth-order valence-electron chi connectivity index (χ4n) is 1.49. The monoisotopic (exact) mass is 376 g/mol. The summed E-state index contributed by atoms with van der Waals surface area (Å²) in [5.41, 5.74) is 0.483. The summed E-state index contributed by atoms with van der Waals surface area (Å²) in [7, 11) is 0. The lowest BCUT2D eigenvalue weighted by Crippen LogP contribution is -2.14. The Hall–Kier alpha value is -2.36. The second-order valence-corrected chi connectivity index (χ2v) is 5.49. The Kier molecular flexibility index (Phi) is 5.53. The van der Waals surface area contributed by atoms with Crippen LogP contribution in [0.1, 0.15) is 0 Å². The number of carbonyl (C=O) groups is 1. The molecule has 22 heavy (non-hydrogen) atoms. The number of rotatable bonds is 4. The van der Waals surface area contributed by atoms with Gasteiger partial charge < -0.3 is 10.6 Å². The fraction of sp³-hybridized carbons (Fsp3) is 0. The van der Waals surface area contributed by atoms with Crippen LogP contribution >= 0.6 is 27.5 Å². The van der Waals surface area contributed by atoms with Crippen molar-refractivity contribution in [3.8, 4) is 6.07 Å².